The molecular formula is C19H21N5O2. The molecule has 7 nitrogen and oxygen atoms in total. The van der Waals surface area contributed by atoms with Crippen molar-refractivity contribution in [1.29, 1.82) is 0 Å². The second-order valence-corrected chi connectivity index (χ2v) is 5.79. The molecule has 2 heterocycles. The van der Waals surface area contributed by atoms with Gasteiger partial charge in [-0.1, -0.05) is 6.07 Å². The molecule has 0 saturated carbocycles. The van der Waals surface area contributed by atoms with Gasteiger partial charge in [-0.05, 0) is 36.8 Å². The van der Waals surface area contributed by atoms with E-state index in [9.17, 15) is 4.79 Å². The number of anilines is 1. The van der Waals surface area contributed by atoms with Gasteiger partial charge in [0.2, 0.25) is 0 Å². The lowest BCUT2D eigenvalue weighted by Gasteiger charge is -2.14. The third-order valence-electron chi connectivity index (χ3n) is 4.08. The number of ether oxygens (including phenoxy) is 1. The van der Waals surface area contributed by atoms with Crippen molar-refractivity contribution in [1.82, 2.24) is 19.9 Å². The fourth-order valence-electron chi connectivity index (χ4n) is 2.79. The first kappa shape index (κ1) is 17.6. The minimum atomic E-state index is -0.128. The van der Waals surface area contributed by atoms with Crippen LogP contribution in [0.5, 0.6) is 0 Å². The van der Waals surface area contributed by atoms with Gasteiger partial charge in [0.15, 0.2) is 0 Å². The first-order chi connectivity index (χ1) is 12.6. The molecule has 26 heavy (non-hydrogen) atoms. The summed E-state index contributed by atoms with van der Waals surface area (Å²) in [6.45, 7) is 2.86. The smallest absolute Gasteiger partial charge is 0.251 e. The normalized spacial score (nSPS) is 10.7. The molecule has 0 aliphatic carbocycles. The number of rotatable bonds is 6. The summed E-state index contributed by atoms with van der Waals surface area (Å²) >= 11 is 0. The number of nitrogens with zero attached hydrogens (tertiary/aromatic N) is 3. The third kappa shape index (κ3) is 3.57. The van der Waals surface area contributed by atoms with Gasteiger partial charge >= 0.3 is 0 Å². The Kier molecular flexibility index (Phi) is 5.28. The quantitative estimate of drug-likeness (QED) is 0.664. The SMILES string of the molecule is COCCNC(=O)c1cccc(-n2ccnc2-c2ccnc(N)c2)c1C. The minimum Gasteiger partial charge on any atom is -0.384 e. The average Bonchev–Trinajstić information content (AvgIpc) is 3.11. The minimum absolute atomic E-state index is 0.128. The van der Waals surface area contributed by atoms with Crippen molar-refractivity contribution in [2.75, 3.05) is 26.0 Å². The van der Waals surface area contributed by atoms with Gasteiger partial charge in [0.1, 0.15) is 11.6 Å². The Morgan fingerprint density at radius 1 is 1.27 bits per heavy atom. The molecule has 3 rings (SSSR count). The summed E-state index contributed by atoms with van der Waals surface area (Å²) in [6.07, 6.45) is 5.23. The average molecular weight is 351 g/mol. The predicted molar refractivity (Wildman–Crippen MR) is 100 cm³/mol. The lowest BCUT2D eigenvalue weighted by Crippen LogP contribution is -2.27. The molecular weight excluding hydrogens is 330 g/mol. The highest BCUT2D eigenvalue weighted by Crippen LogP contribution is 2.25. The summed E-state index contributed by atoms with van der Waals surface area (Å²) in [5.41, 5.74) is 9.02. The molecule has 1 amide bonds. The number of hydrogen-bond acceptors (Lipinski definition) is 5. The van der Waals surface area contributed by atoms with Crippen LogP contribution in [0.4, 0.5) is 5.82 Å². The molecule has 3 N–H and O–H groups in total. The highest BCUT2D eigenvalue weighted by Gasteiger charge is 2.15. The molecule has 0 aliphatic heterocycles. The number of carbonyl (C=O) groups excluding carboxylic acids is 1. The molecule has 7 heteroatoms. The highest BCUT2D eigenvalue weighted by atomic mass is 16.5. The Balaban J connectivity index is 1.98. The van der Waals surface area contributed by atoms with Gasteiger partial charge in [0, 0.05) is 43.4 Å². The van der Waals surface area contributed by atoms with E-state index in [0.29, 0.717) is 24.5 Å². The Labute approximate surface area is 151 Å². The zero-order valence-corrected chi connectivity index (χ0v) is 14.8. The summed E-state index contributed by atoms with van der Waals surface area (Å²) in [5, 5.41) is 2.85. The number of amides is 1. The van der Waals surface area contributed by atoms with Crippen LogP contribution in [0.1, 0.15) is 15.9 Å². The number of aromatic nitrogens is 3. The van der Waals surface area contributed by atoms with E-state index in [0.717, 1.165) is 22.6 Å². The Hall–Kier alpha value is -3.19. The van der Waals surface area contributed by atoms with Crippen molar-refractivity contribution in [2.45, 2.75) is 6.92 Å². The van der Waals surface area contributed by atoms with E-state index in [2.05, 4.69) is 15.3 Å². The summed E-state index contributed by atoms with van der Waals surface area (Å²) in [5.74, 6) is 1.04. The van der Waals surface area contributed by atoms with Crippen molar-refractivity contribution in [3.8, 4) is 17.1 Å². The standard InChI is InChI=1S/C19H21N5O2/c1-13-15(19(25)23-9-11-26-2)4-3-5-16(13)24-10-8-22-18(24)14-6-7-21-17(20)12-14/h3-8,10,12H,9,11H2,1-2H3,(H2,20,21)(H,23,25). The molecule has 0 bridgehead atoms. The van der Waals surface area contributed by atoms with Crippen LogP contribution >= 0.6 is 0 Å². The van der Waals surface area contributed by atoms with Crippen LogP contribution in [0.3, 0.4) is 0 Å². The van der Waals surface area contributed by atoms with E-state index >= 15 is 0 Å². The molecule has 1 aromatic carbocycles. The number of nitrogen functional groups attached to an aromatic ring is 1. The van der Waals surface area contributed by atoms with Crippen molar-refractivity contribution < 1.29 is 9.53 Å². The van der Waals surface area contributed by atoms with Gasteiger partial charge in [-0.3, -0.25) is 9.36 Å². The molecule has 0 unspecified atom stereocenters. The highest BCUT2D eigenvalue weighted by molar-refractivity contribution is 5.96. The Morgan fingerprint density at radius 2 is 2.12 bits per heavy atom. The maximum Gasteiger partial charge on any atom is 0.251 e. The van der Waals surface area contributed by atoms with Crippen LogP contribution in [-0.2, 0) is 4.74 Å². The molecule has 2 aromatic heterocycles. The fraction of sp³-hybridized carbons (Fsp3) is 0.211. The predicted octanol–water partition coefficient (Wildman–Crippen LogP) is 2.20. The lowest BCUT2D eigenvalue weighted by molar-refractivity contribution is 0.0936. The number of imidazole rings is 1. The van der Waals surface area contributed by atoms with E-state index in [1.165, 1.54) is 0 Å². The van der Waals surface area contributed by atoms with E-state index < -0.39 is 0 Å². The molecule has 3 aromatic rings. The van der Waals surface area contributed by atoms with Gasteiger partial charge in [-0.15, -0.1) is 0 Å². The topological polar surface area (TPSA) is 95.1 Å². The lowest BCUT2D eigenvalue weighted by atomic mass is 10.1. The summed E-state index contributed by atoms with van der Waals surface area (Å²) in [6, 6.07) is 9.25. The number of nitrogens with two attached hydrogens (primary N) is 1. The van der Waals surface area contributed by atoms with Crippen LogP contribution in [0.25, 0.3) is 17.1 Å². The summed E-state index contributed by atoms with van der Waals surface area (Å²) < 4.78 is 6.91. The summed E-state index contributed by atoms with van der Waals surface area (Å²) in [7, 11) is 1.60. The molecule has 0 spiro atoms. The first-order valence-electron chi connectivity index (χ1n) is 8.24. The maximum atomic E-state index is 12.4. The number of carbonyl (C=O) groups is 1. The summed E-state index contributed by atoms with van der Waals surface area (Å²) in [4.78, 5) is 20.9. The zero-order valence-electron chi connectivity index (χ0n) is 14.8. The maximum absolute atomic E-state index is 12.4. The Morgan fingerprint density at radius 3 is 2.88 bits per heavy atom. The number of benzene rings is 1. The van der Waals surface area contributed by atoms with E-state index in [1.54, 1.807) is 25.6 Å². The monoisotopic (exact) mass is 351 g/mol. The fourth-order valence-corrected chi connectivity index (χ4v) is 2.79. The van der Waals surface area contributed by atoms with Crippen LogP contribution in [-0.4, -0.2) is 40.7 Å². The molecule has 0 atom stereocenters. The number of methoxy groups -OCH3 is 1. The van der Waals surface area contributed by atoms with Gasteiger partial charge in [0.05, 0.1) is 12.3 Å². The second-order valence-electron chi connectivity index (χ2n) is 5.79. The third-order valence-corrected chi connectivity index (χ3v) is 4.08. The van der Waals surface area contributed by atoms with Gasteiger partial charge in [-0.25, -0.2) is 9.97 Å². The van der Waals surface area contributed by atoms with Crippen LogP contribution in [0, 0.1) is 6.92 Å². The van der Waals surface area contributed by atoms with Gasteiger partial charge in [0.25, 0.3) is 5.91 Å². The number of nitrogens with one attached hydrogen (secondary N) is 1. The molecule has 0 radical (unpaired) electrons. The van der Waals surface area contributed by atoms with Crippen molar-refractivity contribution in [3.05, 3.63) is 60.0 Å². The van der Waals surface area contributed by atoms with Gasteiger partial charge in [-0.2, -0.15) is 0 Å². The van der Waals surface area contributed by atoms with Crippen molar-refractivity contribution in [2.24, 2.45) is 0 Å². The second kappa shape index (κ2) is 7.79. The molecule has 134 valence electrons. The van der Waals surface area contributed by atoms with Crippen LogP contribution < -0.4 is 11.1 Å². The van der Waals surface area contributed by atoms with Gasteiger partial charge < -0.3 is 15.8 Å². The van der Waals surface area contributed by atoms with E-state index in [4.69, 9.17) is 10.5 Å². The molecule has 0 fully saturated rings. The first-order valence-corrected chi connectivity index (χ1v) is 8.24. The zero-order chi connectivity index (χ0) is 18.5. The Bertz CT molecular complexity index is 920. The van der Waals surface area contributed by atoms with Crippen molar-refractivity contribution >= 4 is 11.7 Å². The van der Waals surface area contributed by atoms with E-state index in [1.807, 2.05) is 42.0 Å². The van der Waals surface area contributed by atoms with Crippen LogP contribution in [0.2, 0.25) is 0 Å². The van der Waals surface area contributed by atoms with E-state index in [-0.39, 0.29) is 5.91 Å². The largest absolute Gasteiger partial charge is 0.384 e. The number of hydrogen-bond donors (Lipinski definition) is 2. The molecule has 0 saturated heterocycles. The van der Waals surface area contributed by atoms with Crippen LogP contribution in [0.15, 0.2) is 48.9 Å². The number of pyridine rings is 1. The molecule has 0 aliphatic rings. The van der Waals surface area contributed by atoms with Crippen molar-refractivity contribution in [3.63, 3.8) is 0 Å².